The Bertz CT molecular complexity index is 549. The average Bonchev–Trinajstić information content (AvgIpc) is 2.84. The Morgan fingerprint density at radius 2 is 2.22 bits per heavy atom. The molecule has 18 heavy (non-hydrogen) atoms. The van der Waals surface area contributed by atoms with E-state index in [1.165, 1.54) is 23.1 Å². The summed E-state index contributed by atoms with van der Waals surface area (Å²) in [6.45, 7) is 0.421. The number of phenols is 1. The Morgan fingerprint density at radius 3 is 2.89 bits per heavy atom. The summed E-state index contributed by atoms with van der Waals surface area (Å²) in [7, 11) is 1.67. The van der Waals surface area contributed by atoms with E-state index in [2.05, 4.69) is 0 Å². The van der Waals surface area contributed by atoms with Gasteiger partial charge in [-0.05, 0) is 24.3 Å². The Balaban J connectivity index is 2.17. The molecule has 0 saturated heterocycles. The van der Waals surface area contributed by atoms with Crippen molar-refractivity contribution in [1.82, 2.24) is 4.90 Å². The predicted molar refractivity (Wildman–Crippen MR) is 67.0 cm³/mol. The minimum Gasteiger partial charge on any atom is -0.508 e. The zero-order chi connectivity index (χ0) is 13.1. The highest BCUT2D eigenvalue weighted by atomic mass is 16.3. The number of furan rings is 1. The van der Waals surface area contributed by atoms with Crippen LogP contribution in [0.15, 0.2) is 41.2 Å². The van der Waals surface area contributed by atoms with Gasteiger partial charge < -0.3 is 20.2 Å². The zero-order valence-corrected chi connectivity index (χ0v) is 9.96. The summed E-state index contributed by atoms with van der Waals surface area (Å²) in [4.78, 5) is 13.7. The largest absolute Gasteiger partial charge is 0.508 e. The highest BCUT2D eigenvalue weighted by Gasteiger charge is 2.15. The molecule has 0 fully saturated rings. The van der Waals surface area contributed by atoms with Crippen molar-refractivity contribution in [1.29, 1.82) is 0 Å². The summed E-state index contributed by atoms with van der Waals surface area (Å²) in [6.07, 6.45) is 3.13. The lowest BCUT2D eigenvalue weighted by atomic mass is 10.1. The fourth-order valence-corrected chi connectivity index (χ4v) is 1.66. The highest BCUT2D eigenvalue weighted by Crippen LogP contribution is 2.20. The van der Waals surface area contributed by atoms with Gasteiger partial charge in [0.25, 0.3) is 5.91 Å². The lowest BCUT2D eigenvalue weighted by Gasteiger charge is -2.17. The van der Waals surface area contributed by atoms with Crippen LogP contribution in [0.4, 0.5) is 5.69 Å². The molecule has 0 unspecified atom stereocenters. The van der Waals surface area contributed by atoms with Gasteiger partial charge in [0.05, 0.1) is 18.1 Å². The number of amides is 1. The van der Waals surface area contributed by atoms with Crippen LogP contribution < -0.4 is 5.73 Å². The molecule has 1 heterocycles. The third kappa shape index (κ3) is 2.45. The molecular weight excluding hydrogens is 232 g/mol. The smallest absolute Gasteiger partial charge is 0.256 e. The number of nitrogens with two attached hydrogens (primary N) is 1. The molecule has 3 N–H and O–H groups in total. The zero-order valence-electron chi connectivity index (χ0n) is 9.96. The molecule has 1 aromatic heterocycles. The average molecular weight is 246 g/mol. The van der Waals surface area contributed by atoms with E-state index in [-0.39, 0.29) is 11.7 Å². The van der Waals surface area contributed by atoms with Crippen molar-refractivity contribution in [3.05, 3.63) is 47.9 Å². The lowest BCUT2D eigenvalue weighted by molar-refractivity contribution is 0.0785. The minimum atomic E-state index is -0.246. The SMILES string of the molecule is CN(Cc1ccoc1)C(=O)c1cc(O)ccc1N. The van der Waals surface area contributed by atoms with Gasteiger partial charge in [-0.2, -0.15) is 0 Å². The van der Waals surface area contributed by atoms with Gasteiger partial charge in [0, 0.05) is 24.8 Å². The number of nitrogens with zero attached hydrogens (tertiary/aromatic N) is 1. The molecule has 1 amide bonds. The fraction of sp³-hybridized carbons (Fsp3) is 0.154. The van der Waals surface area contributed by atoms with E-state index in [4.69, 9.17) is 10.2 Å². The van der Waals surface area contributed by atoms with Crippen molar-refractivity contribution in [2.45, 2.75) is 6.54 Å². The van der Waals surface area contributed by atoms with Crippen molar-refractivity contribution in [3.8, 4) is 5.75 Å². The van der Waals surface area contributed by atoms with Crippen LogP contribution in [0.5, 0.6) is 5.75 Å². The lowest BCUT2D eigenvalue weighted by Crippen LogP contribution is -2.26. The molecule has 0 aliphatic rings. The van der Waals surface area contributed by atoms with Crippen molar-refractivity contribution in [2.75, 3.05) is 12.8 Å². The fourth-order valence-electron chi connectivity index (χ4n) is 1.66. The molecule has 0 spiro atoms. The first-order chi connectivity index (χ1) is 8.58. The third-order valence-electron chi connectivity index (χ3n) is 2.61. The first-order valence-corrected chi connectivity index (χ1v) is 5.43. The normalized spacial score (nSPS) is 10.3. The van der Waals surface area contributed by atoms with Crippen molar-refractivity contribution in [2.24, 2.45) is 0 Å². The Hall–Kier alpha value is -2.43. The summed E-state index contributed by atoms with van der Waals surface area (Å²) < 4.78 is 4.94. The summed E-state index contributed by atoms with van der Waals surface area (Å²) in [6, 6.07) is 6.11. The second kappa shape index (κ2) is 4.83. The van der Waals surface area contributed by atoms with Crippen LogP contribution in [0.3, 0.4) is 0 Å². The number of rotatable bonds is 3. The van der Waals surface area contributed by atoms with E-state index in [0.29, 0.717) is 17.8 Å². The topological polar surface area (TPSA) is 79.7 Å². The summed E-state index contributed by atoms with van der Waals surface area (Å²) >= 11 is 0. The predicted octanol–water partition coefficient (Wildman–Crippen LogP) is 1.84. The quantitative estimate of drug-likeness (QED) is 0.639. The maximum Gasteiger partial charge on any atom is 0.256 e. The molecule has 2 aromatic rings. The number of anilines is 1. The molecule has 0 bridgehead atoms. The highest BCUT2D eigenvalue weighted by molar-refractivity contribution is 5.99. The van der Waals surface area contributed by atoms with Crippen LogP contribution in [0.25, 0.3) is 0 Å². The maximum absolute atomic E-state index is 12.1. The van der Waals surface area contributed by atoms with E-state index < -0.39 is 0 Å². The molecule has 0 aliphatic heterocycles. The van der Waals surface area contributed by atoms with Crippen LogP contribution in [0, 0.1) is 0 Å². The van der Waals surface area contributed by atoms with Gasteiger partial charge in [0.1, 0.15) is 5.75 Å². The number of carbonyl (C=O) groups is 1. The standard InChI is InChI=1S/C13H14N2O3/c1-15(7-9-4-5-18-8-9)13(17)11-6-10(16)2-3-12(11)14/h2-6,8,16H,7,14H2,1H3. The second-order valence-electron chi connectivity index (χ2n) is 4.06. The minimum absolute atomic E-state index is 0.0178. The van der Waals surface area contributed by atoms with E-state index >= 15 is 0 Å². The number of nitrogen functional groups attached to an aromatic ring is 1. The van der Waals surface area contributed by atoms with E-state index in [1.807, 2.05) is 0 Å². The van der Waals surface area contributed by atoms with Gasteiger partial charge in [-0.3, -0.25) is 4.79 Å². The molecule has 0 atom stereocenters. The van der Waals surface area contributed by atoms with Gasteiger partial charge in [0.2, 0.25) is 0 Å². The van der Waals surface area contributed by atoms with Gasteiger partial charge in [-0.1, -0.05) is 0 Å². The molecule has 0 radical (unpaired) electrons. The van der Waals surface area contributed by atoms with Crippen LogP contribution in [-0.2, 0) is 6.54 Å². The molecule has 5 heteroatoms. The van der Waals surface area contributed by atoms with E-state index in [1.54, 1.807) is 25.6 Å². The van der Waals surface area contributed by atoms with Crippen LogP contribution in [0.1, 0.15) is 15.9 Å². The first-order valence-electron chi connectivity index (χ1n) is 5.43. The van der Waals surface area contributed by atoms with E-state index in [9.17, 15) is 9.90 Å². The van der Waals surface area contributed by atoms with Crippen molar-refractivity contribution < 1.29 is 14.3 Å². The number of phenolic OH excluding ortho intramolecular Hbond substituents is 1. The molecule has 94 valence electrons. The Kier molecular flexibility index (Phi) is 3.23. The molecule has 2 rings (SSSR count). The van der Waals surface area contributed by atoms with Crippen molar-refractivity contribution in [3.63, 3.8) is 0 Å². The molecule has 1 aromatic carbocycles. The molecule has 0 saturated carbocycles. The number of hydrogen-bond donors (Lipinski definition) is 2. The Morgan fingerprint density at radius 1 is 1.44 bits per heavy atom. The van der Waals surface area contributed by atoms with Gasteiger partial charge in [0.15, 0.2) is 0 Å². The molecular formula is C13H14N2O3. The second-order valence-corrected chi connectivity index (χ2v) is 4.06. The first kappa shape index (κ1) is 12.0. The monoisotopic (exact) mass is 246 g/mol. The van der Waals surface area contributed by atoms with Crippen molar-refractivity contribution >= 4 is 11.6 Å². The molecule has 0 aliphatic carbocycles. The van der Waals surface area contributed by atoms with Crippen LogP contribution >= 0.6 is 0 Å². The van der Waals surface area contributed by atoms with Gasteiger partial charge in [-0.25, -0.2) is 0 Å². The summed E-state index contributed by atoms with van der Waals surface area (Å²) in [5.41, 5.74) is 7.25. The maximum atomic E-state index is 12.1. The third-order valence-corrected chi connectivity index (χ3v) is 2.61. The number of benzene rings is 1. The van der Waals surface area contributed by atoms with E-state index in [0.717, 1.165) is 5.56 Å². The van der Waals surface area contributed by atoms with Crippen LogP contribution in [-0.4, -0.2) is 23.0 Å². The summed E-state index contributed by atoms with van der Waals surface area (Å²) in [5, 5.41) is 9.38. The van der Waals surface area contributed by atoms with Gasteiger partial charge >= 0.3 is 0 Å². The molecule has 5 nitrogen and oxygen atoms in total. The van der Waals surface area contributed by atoms with Gasteiger partial charge in [-0.15, -0.1) is 0 Å². The number of carbonyl (C=O) groups excluding carboxylic acids is 1. The van der Waals surface area contributed by atoms with Crippen LogP contribution in [0.2, 0.25) is 0 Å². The number of hydrogen-bond acceptors (Lipinski definition) is 4. The Labute approximate surface area is 104 Å². The number of aromatic hydroxyl groups is 1. The summed E-state index contributed by atoms with van der Waals surface area (Å²) in [5.74, 6) is -0.228.